The fraction of sp³-hybridized carbons (Fsp3) is 0.158. The van der Waals surface area contributed by atoms with Gasteiger partial charge in [-0.25, -0.2) is 9.97 Å². The highest BCUT2D eigenvalue weighted by molar-refractivity contribution is 6.39. The first-order chi connectivity index (χ1) is 15.5. The number of H-pyrrole nitrogens is 2. The zero-order valence-corrected chi connectivity index (χ0v) is 17.9. The summed E-state index contributed by atoms with van der Waals surface area (Å²) in [5, 5.41) is 10.5. The Bertz CT molecular complexity index is 1510. The maximum absolute atomic E-state index is 14.0. The second-order valence-electron chi connectivity index (χ2n) is 6.87. The first kappa shape index (κ1) is 20.3. The molecule has 1 aromatic carbocycles. The largest absolute Gasteiger partial charge is 0.358 e. The maximum Gasteiger partial charge on any atom is 0.312 e. The number of hydrogen-bond donors (Lipinski definition) is 3. The smallest absolute Gasteiger partial charge is 0.312 e. The molecule has 13 heteroatoms. The van der Waals surface area contributed by atoms with Gasteiger partial charge in [-0.05, 0) is 18.6 Å². The molecule has 4 heterocycles. The van der Waals surface area contributed by atoms with Crippen LogP contribution in [0.4, 0.5) is 10.2 Å². The average Bonchev–Trinajstić information content (AvgIpc) is 3.46. The molecule has 0 bridgehead atoms. The van der Waals surface area contributed by atoms with Crippen LogP contribution in [0.2, 0.25) is 10.0 Å². The molecule has 32 heavy (non-hydrogen) atoms. The Hall–Kier alpha value is -3.57. The summed E-state index contributed by atoms with van der Waals surface area (Å²) in [5.74, 6) is 0.504. The Morgan fingerprint density at radius 2 is 2.03 bits per heavy atom. The predicted octanol–water partition coefficient (Wildman–Crippen LogP) is 3.78. The number of benzene rings is 1. The van der Waals surface area contributed by atoms with Crippen LogP contribution in [-0.4, -0.2) is 39.7 Å². The van der Waals surface area contributed by atoms with Gasteiger partial charge in [-0.15, -0.1) is 0 Å². The van der Waals surface area contributed by atoms with Crippen molar-refractivity contribution < 1.29 is 4.39 Å². The van der Waals surface area contributed by atoms with Crippen molar-refractivity contribution in [2.75, 3.05) is 5.32 Å². The molecule has 0 aliphatic carbocycles. The summed E-state index contributed by atoms with van der Waals surface area (Å²) in [6, 6.07) is 2.55. The minimum Gasteiger partial charge on any atom is -0.358 e. The number of imidazole rings is 1. The molecule has 5 aromatic rings. The second-order valence-corrected chi connectivity index (χ2v) is 7.68. The summed E-state index contributed by atoms with van der Waals surface area (Å²) < 4.78 is 15.4. The standard InChI is InChI=1S/C19H14Cl2FN9O/c1-2-11(27-16-14-15(24-7-23-14)29-19(22)30-16)17-28-13-10(21)4-3-9(20)12(13)18(32)31(17)8-5-25-26-6-8/h3-7,11H,2H2,1H3,(H,25,26)(H2,23,24,27,29,30)/t11-/m0/s1. The van der Waals surface area contributed by atoms with Crippen LogP contribution in [-0.2, 0) is 0 Å². The number of hydrogen-bond acceptors (Lipinski definition) is 7. The topological polar surface area (TPSA) is 130 Å². The van der Waals surface area contributed by atoms with Gasteiger partial charge in [0.2, 0.25) is 0 Å². The Labute approximate surface area is 188 Å². The van der Waals surface area contributed by atoms with Gasteiger partial charge in [-0.3, -0.25) is 14.5 Å². The second kappa shape index (κ2) is 7.84. The third-order valence-electron chi connectivity index (χ3n) is 4.98. The number of halogens is 3. The molecule has 1 atom stereocenters. The van der Waals surface area contributed by atoms with E-state index in [1.165, 1.54) is 17.1 Å². The Kier molecular flexibility index (Phi) is 4.98. The first-order valence-corrected chi connectivity index (χ1v) is 10.3. The van der Waals surface area contributed by atoms with Crippen molar-refractivity contribution in [3.05, 3.63) is 63.2 Å². The minimum absolute atomic E-state index is 0.170. The van der Waals surface area contributed by atoms with Crippen molar-refractivity contribution in [1.29, 1.82) is 0 Å². The third kappa shape index (κ3) is 3.26. The highest BCUT2D eigenvalue weighted by Crippen LogP contribution is 2.30. The van der Waals surface area contributed by atoms with Crippen LogP contribution in [0.1, 0.15) is 25.2 Å². The summed E-state index contributed by atoms with van der Waals surface area (Å²) >= 11 is 12.7. The predicted molar refractivity (Wildman–Crippen MR) is 118 cm³/mol. The summed E-state index contributed by atoms with van der Waals surface area (Å²) in [6.07, 6.45) is 3.97. The lowest BCUT2D eigenvalue weighted by molar-refractivity contribution is 0.543. The zero-order chi connectivity index (χ0) is 22.4. The summed E-state index contributed by atoms with van der Waals surface area (Å²) in [5.41, 5.74) is 0.892. The fourth-order valence-corrected chi connectivity index (χ4v) is 3.94. The molecule has 0 aliphatic rings. The van der Waals surface area contributed by atoms with Gasteiger partial charge >= 0.3 is 6.08 Å². The molecule has 0 saturated carbocycles. The lowest BCUT2D eigenvalue weighted by Gasteiger charge is -2.22. The lowest BCUT2D eigenvalue weighted by Crippen LogP contribution is -2.28. The van der Waals surface area contributed by atoms with E-state index in [9.17, 15) is 9.18 Å². The molecule has 0 spiro atoms. The van der Waals surface area contributed by atoms with Crippen molar-refractivity contribution >= 4 is 51.1 Å². The zero-order valence-electron chi connectivity index (χ0n) is 16.4. The van der Waals surface area contributed by atoms with Gasteiger partial charge in [0.1, 0.15) is 11.3 Å². The first-order valence-electron chi connectivity index (χ1n) is 9.51. The molecule has 5 rings (SSSR count). The number of aromatic nitrogens is 8. The molecule has 162 valence electrons. The molecule has 0 aliphatic heterocycles. The van der Waals surface area contributed by atoms with E-state index in [-0.39, 0.29) is 32.4 Å². The van der Waals surface area contributed by atoms with Gasteiger partial charge in [0.25, 0.3) is 5.56 Å². The van der Waals surface area contributed by atoms with Crippen LogP contribution in [0.25, 0.3) is 27.8 Å². The molecule has 0 unspecified atom stereocenters. The molecule has 0 saturated heterocycles. The SMILES string of the molecule is CC[C@H](Nc1nc(F)nc2nc[nH]c12)c1nc2c(Cl)ccc(Cl)c2c(=O)n1-c1cn[nH]c1. The molecule has 4 aromatic heterocycles. The van der Waals surface area contributed by atoms with Crippen LogP contribution >= 0.6 is 23.2 Å². The summed E-state index contributed by atoms with van der Waals surface area (Å²) in [7, 11) is 0. The number of nitrogens with one attached hydrogen (secondary N) is 3. The average molecular weight is 474 g/mol. The fourth-order valence-electron chi connectivity index (χ4n) is 3.51. The number of rotatable bonds is 5. The van der Waals surface area contributed by atoms with E-state index in [1.807, 2.05) is 6.92 Å². The van der Waals surface area contributed by atoms with E-state index >= 15 is 0 Å². The van der Waals surface area contributed by atoms with Crippen LogP contribution in [0.5, 0.6) is 0 Å². The molecule has 0 fully saturated rings. The van der Waals surface area contributed by atoms with Crippen molar-refractivity contribution in [2.24, 2.45) is 0 Å². The molecule has 10 nitrogen and oxygen atoms in total. The number of aromatic amines is 2. The third-order valence-corrected chi connectivity index (χ3v) is 5.60. The Morgan fingerprint density at radius 3 is 2.78 bits per heavy atom. The van der Waals surface area contributed by atoms with Gasteiger partial charge in [0.15, 0.2) is 11.5 Å². The molecule has 0 amide bonds. The van der Waals surface area contributed by atoms with Gasteiger partial charge in [-0.2, -0.15) is 19.5 Å². The van der Waals surface area contributed by atoms with Gasteiger partial charge in [0.05, 0.1) is 45.2 Å². The van der Waals surface area contributed by atoms with Crippen molar-refractivity contribution in [3.63, 3.8) is 0 Å². The van der Waals surface area contributed by atoms with Crippen LogP contribution in [0, 0.1) is 6.08 Å². The highest BCUT2D eigenvalue weighted by atomic mass is 35.5. The monoisotopic (exact) mass is 473 g/mol. The molecular formula is C19H14Cl2FN9O. The van der Waals surface area contributed by atoms with E-state index in [1.54, 1.807) is 18.3 Å². The van der Waals surface area contributed by atoms with Crippen molar-refractivity contribution in [3.8, 4) is 5.69 Å². The summed E-state index contributed by atoms with van der Waals surface area (Å²) in [6.45, 7) is 1.88. The summed E-state index contributed by atoms with van der Waals surface area (Å²) in [4.78, 5) is 32.6. The van der Waals surface area contributed by atoms with Crippen molar-refractivity contribution in [1.82, 2.24) is 39.7 Å². The van der Waals surface area contributed by atoms with E-state index < -0.39 is 17.7 Å². The number of fused-ring (bicyclic) bond motifs is 2. The van der Waals surface area contributed by atoms with Gasteiger partial charge in [0, 0.05) is 6.20 Å². The lowest BCUT2D eigenvalue weighted by atomic mass is 10.1. The van der Waals surface area contributed by atoms with Gasteiger partial charge < -0.3 is 10.3 Å². The Balaban J connectivity index is 1.76. The Morgan fingerprint density at radius 1 is 1.22 bits per heavy atom. The molecule has 3 N–H and O–H groups in total. The van der Waals surface area contributed by atoms with E-state index in [0.717, 1.165) is 0 Å². The quantitative estimate of drug-likeness (QED) is 0.331. The van der Waals surface area contributed by atoms with E-state index in [2.05, 4.69) is 40.4 Å². The molecule has 0 radical (unpaired) electrons. The molecular weight excluding hydrogens is 460 g/mol. The minimum atomic E-state index is -0.935. The van der Waals surface area contributed by atoms with Crippen molar-refractivity contribution in [2.45, 2.75) is 19.4 Å². The van der Waals surface area contributed by atoms with Crippen LogP contribution in [0.15, 0.2) is 35.6 Å². The van der Waals surface area contributed by atoms with Crippen LogP contribution < -0.4 is 10.9 Å². The number of nitrogens with zero attached hydrogens (tertiary/aromatic N) is 6. The van der Waals surface area contributed by atoms with E-state index in [4.69, 9.17) is 23.2 Å². The number of anilines is 1. The highest BCUT2D eigenvalue weighted by Gasteiger charge is 2.24. The van der Waals surface area contributed by atoms with Crippen LogP contribution in [0.3, 0.4) is 0 Å². The van der Waals surface area contributed by atoms with Gasteiger partial charge in [-0.1, -0.05) is 30.1 Å². The normalized spacial score (nSPS) is 12.5. The maximum atomic E-state index is 14.0. The van der Waals surface area contributed by atoms with E-state index in [0.29, 0.717) is 23.4 Å².